The molecule has 0 spiro atoms. The molecule has 5 N–H and O–H groups in total. The molecule has 0 heterocycles. The smallest absolute Gasteiger partial charge is 0.326 e. The van der Waals surface area contributed by atoms with Gasteiger partial charge in [0.15, 0.2) is 0 Å². The first kappa shape index (κ1) is 11.1. The van der Waals surface area contributed by atoms with Gasteiger partial charge in [0.25, 0.3) is 0 Å². The number of nitrogens with two attached hydrogens (primary N) is 1. The van der Waals surface area contributed by atoms with E-state index in [0.717, 1.165) is 0 Å². The zero-order valence-corrected chi connectivity index (χ0v) is 7.13. The van der Waals surface area contributed by atoms with Gasteiger partial charge in [-0.3, -0.25) is 10.1 Å². The van der Waals surface area contributed by atoms with Crippen molar-refractivity contribution in [3.63, 3.8) is 0 Å². The van der Waals surface area contributed by atoms with Crippen LogP contribution in [0.2, 0.25) is 0 Å². The van der Waals surface area contributed by atoms with E-state index in [0.29, 0.717) is 19.5 Å². The summed E-state index contributed by atoms with van der Waals surface area (Å²) < 4.78 is 0. The van der Waals surface area contributed by atoms with Gasteiger partial charge in [0, 0.05) is 5.71 Å². The molecule has 0 saturated carbocycles. The van der Waals surface area contributed by atoms with Crippen molar-refractivity contribution in [1.82, 2.24) is 5.32 Å². The van der Waals surface area contributed by atoms with Gasteiger partial charge in [0.1, 0.15) is 6.04 Å². The molecule has 0 rings (SSSR count). The summed E-state index contributed by atoms with van der Waals surface area (Å²) >= 11 is 0. The lowest BCUT2D eigenvalue weighted by Gasteiger charge is -2.13. The third kappa shape index (κ3) is 3.45. The fourth-order valence-electron chi connectivity index (χ4n) is 0.864. The van der Waals surface area contributed by atoms with Crippen LogP contribution in [0.5, 0.6) is 0 Å². The maximum atomic E-state index is 10.6. The predicted molar refractivity (Wildman–Crippen MR) is 46.5 cm³/mol. The number of hydrogen-bond acceptors (Lipinski definition) is 4. The molecule has 0 fully saturated rings. The topological polar surface area (TPSA) is 99.2 Å². The maximum Gasteiger partial charge on any atom is 0.326 e. The molecule has 0 aromatic carbocycles. The Labute approximate surface area is 71.5 Å². The molecule has 0 saturated heterocycles. The fourth-order valence-corrected chi connectivity index (χ4v) is 0.864. The van der Waals surface area contributed by atoms with Gasteiger partial charge in [-0.25, -0.2) is 0 Å². The Balaban J connectivity index is 4.09. The lowest BCUT2D eigenvalue weighted by Crippen LogP contribution is -2.43. The lowest BCUT2D eigenvalue weighted by atomic mass is 10.1. The Morgan fingerprint density at radius 2 is 2.33 bits per heavy atom. The monoisotopic (exact) mass is 173 g/mol. The Hall–Kier alpha value is -0.940. The minimum Gasteiger partial charge on any atom is -0.480 e. The van der Waals surface area contributed by atoms with Crippen LogP contribution in [0.4, 0.5) is 0 Å². The number of carboxylic acids is 1. The lowest BCUT2D eigenvalue weighted by molar-refractivity contribution is -0.137. The summed E-state index contributed by atoms with van der Waals surface area (Å²) in [4.78, 5) is 10.6. The van der Waals surface area contributed by atoms with Crippen LogP contribution >= 0.6 is 0 Å². The molecule has 12 heavy (non-hydrogen) atoms. The number of likely N-dealkylation sites (N-methyl/N-ethyl adjacent to an activating group) is 1. The van der Waals surface area contributed by atoms with Crippen LogP contribution in [0.15, 0.2) is 0 Å². The second kappa shape index (κ2) is 5.68. The van der Waals surface area contributed by atoms with Gasteiger partial charge in [-0.1, -0.05) is 6.92 Å². The number of carboxylic acid groups (broad SMARTS) is 1. The average Bonchev–Trinajstić information content (AvgIpc) is 1.99. The average molecular weight is 173 g/mol. The predicted octanol–water partition coefficient (Wildman–Crippen LogP) is -0.582. The van der Waals surface area contributed by atoms with Gasteiger partial charge >= 0.3 is 5.97 Å². The van der Waals surface area contributed by atoms with E-state index >= 15 is 0 Å². The number of aliphatic carboxylic acids is 1. The molecule has 1 atom stereocenters. The minimum atomic E-state index is -1.02. The van der Waals surface area contributed by atoms with Crippen molar-refractivity contribution in [1.29, 1.82) is 5.41 Å². The van der Waals surface area contributed by atoms with Crippen molar-refractivity contribution in [3.8, 4) is 0 Å². The van der Waals surface area contributed by atoms with E-state index in [1.807, 2.05) is 0 Å². The SMILES string of the molecule is CCN[C@@H](C(=N)CCN)C(=O)O. The van der Waals surface area contributed by atoms with E-state index < -0.39 is 12.0 Å². The van der Waals surface area contributed by atoms with Gasteiger partial charge in [0.05, 0.1) is 0 Å². The highest BCUT2D eigenvalue weighted by Crippen LogP contribution is 1.91. The molecule has 0 unspecified atom stereocenters. The van der Waals surface area contributed by atoms with Crippen LogP contribution in [-0.4, -0.2) is 35.9 Å². The highest BCUT2D eigenvalue weighted by Gasteiger charge is 2.20. The molecule has 0 aromatic heterocycles. The summed E-state index contributed by atoms with van der Waals surface area (Å²) in [6.45, 7) is 2.64. The minimum absolute atomic E-state index is 0.131. The zero-order valence-electron chi connectivity index (χ0n) is 7.13. The Kier molecular flexibility index (Phi) is 5.23. The van der Waals surface area contributed by atoms with E-state index in [9.17, 15) is 4.79 Å². The molecular weight excluding hydrogens is 158 g/mol. The van der Waals surface area contributed by atoms with Crippen molar-refractivity contribution >= 4 is 11.7 Å². The molecule has 0 aromatic rings. The van der Waals surface area contributed by atoms with Gasteiger partial charge in [-0.2, -0.15) is 0 Å². The first-order valence-electron chi connectivity index (χ1n) is 3.87. The van der Waals surface area contributed by atoms with Crippen molar-refractivity contribution in [2.75, 3.05) is 13.1 Å². The van der Waals surface area contributed by atoms with E-state index in [4.69, 9.17) is 16.2 Å². The van der Waals surface area contributed by atoms with Crippen molar-refractivity contribution in [2.24, 2.45) is 5.73 Å². The summed E-state index contributed by atoms with van der Waals surface area (Å²) in [5.74, 6) is -1.02. The van der Waals surface area contributed by atoms with E-state index in [1.165, 1.54) is 0 Å². The summed E-state index contributed by atoms with van der Waals surface area (Å²) in [5.41, 5.74) is 5.33. The Morgan fingerprint density at radius 1 is 1.75 bits per heavy atom. The Bertz CT molecular complexity index is 170. The van der Waals surface area contributed by atoms with Gasteiger partial charge < -0.3 is 16.2 Å². The third-order valence-corrected chi connectivity index (χ3v) is 1.42. The first-order valence-corrected chi connectivity index (χ1v) is 3.87. The second-order valence-corrected chi connectivity index (χ2v) is 2.39. The van der Waals surface area contributed by atoms with E-state index in [2.05, 4.69) is 5.32 Å². The molecule has 5 heteroatoms. The van der Waals surface area contributed by atoms with Crippen molar-refractivity contribution in [2.45, 2.75) is 19.4 Å². The molecule has 5 nitrogen and oxygen atoms in total. The molecule has 0 radical (unpaired) electrons. The summed E-state index contributed by atoms with van der Waals surface area (Å²) in [5, 5.41) is 18.7. The number of nitrogens with one attached hydrogen (secondary N) is 2. The standard InChI is InChI=1S/C7H15N3O2/c1-2-10-6(7(11)12)5(9)3-4-8/h6,9-10H,2-4,8H2,1H3,(H,11,12)/t6-/m0/s1. The molecular formula is C7H15N3O2. The van der Waals surface area contributed by atoms with Crippen LogP contribution in [0.25, 0.3) is 0 Å². The normalized spacial score (nSPS) is 12.5. The largest absolute Gasteiger partial charge is 0.480 e. The van der Waals surface area contributed by atoms with Crippen LogP contribution < -0.4 is 11.1 Å². The molecule has 0 aliphatic heterocycles. The summed E-state index contributed by atoms with van der Waals surface area (Å²) in [6.07, 6.45) is 0.323. The molecule has 0 bridgehead atoms. The molecule has 0 aliphatic rings. The van der Waals surface area contributed by atoms with E-state index in [-0.39, 0.29) is 5.71 Å². The van der Waals surface area contributed by atoms with Crippen LogP contribution in [0.1, 0.15) is 13.3 Å². The van der Waals surface area contributed by atoms with Gasteiger partial charge in [-0.05, 0) is 19.5 Å². The van der Waals surface area contributed by atoms with Crippen LogP contribution in [-0.2, 0) is 4.79 Å². The summed E-state index contributed by atoms with van der Waals surface area (Å²) in [6, 6.07) is -0.876. The molecule has 0 amide bonds. The van der Waals surface area contributed by atoms with Crippen molar-refractivity contribution in [3.05, 3.63) is 0 Å². The van der Waals surface area contributed by atoms with Crippen LogP contribution in [0.3, 0.4) is 0 Å². The fraction of sp³-hybridized carbons (Fsp3) is 0.714. The van der Waals surface area contributed by atoms with E-state index in [1.54, 1.807) is 6.92 Å². The second-order valence-electron chi connectivity index (χ2n) is 2.39. The highest BCUT2D eigenvalue weighted by molar-refractivity contribution is 6.03. The summed E-state index contributed by atoms with van der Waals surface area (Å²) in [7, 11) is 0. The number of hydrogen-bond donors (Lipinski definition) is 4. The number of rotatable bonds is 6. The zero-order chi connectivity index (χ0) is 9.56. The Morgan fingerprint density at radius 3 is 2.67 bits per heavy atom. The van der Waals surface area contributed by atoms with Gasteiger partial charge in [-0.15, -0.1) is 0 Å². The quantitative estimate of drug-likeness (QED) is 0.404. The first-order chi connectivity index (χ1) is 5.63. The maximum absolute atomic E-state index is 10.6. The van der Waals surface area contributed by atoms with Crippen LogP contribution in [0, 0.1) is 5.41 Å². The molecule has 70 valence electrons. The van der Waals surface area contributed by atoms with Gasteiger partial charge in [0.2, 0.25) is 0 Å². The highest BCUT2D eigenvalue weighted by atomic mass is 16.4. The molecule has 0 aliphatic carbocycles. The number of carbonyl (C=O) groups is 1. The van der Waals surface area contributed by atoms with Crippen molar-refractivity contribution < 1.29 is 9.90 Å². The third-order valence-electron chi connectivity index (χ3n) is 1.42.